The number of allylic oxidation sites excluding steroid dienone is 1. The Morgan fingerprint density at radius 3 is 2.46 bits per heavy atom. The van der Waals surface area contributed by atoms with Crippen molar-refractivity contribution in [2.45, 2.75) is 130 Å². The van der Waals surface area contributed by atoms with Crippen LogP contribution in [0.5, 0.6) is 0 Å². The molecular weight excluding hydrogens is 474 g/mol. The molecule has 4 nitrogen and oxygen atoms in total. The summed E-state index contributed by atoms with van der Waals surface area (Å²) in [5.41, 5.74) is 2.46. The average Bonchev–Trinajstić information content (AvgIpc) is 3.15. The zero-order valence-electron chi connectivity index (χ0n) is 25.8. The molecule has 0 aromatic heterocycles. The van der Waals surface area contributed by atoms with Gasteiger partial charge in [-0.15, -0.1) is 0 Å². The Kier molecular flexibility index (Phi) is 8.24. The SMILES string of the molecule is C[C@H](OCCC(=O)N(C)C)[C@H]1CC[C@H]2[C@@H]3CC=C4C[C@@H](O[Si](C)(C)C(C)(C)C)CC[C@]4(C)[C@H]3CC[C@]12C. The standard InChI is InChI=1S/C32H57NO3Si/c1-22(35-20-17-29(34)33(7)8)26-13-14-27-25-12-11-23-21-24(36-37(9,10)30(2,3)4)15-18-31(23,5)28(25)16-19-32(26,27)6/h11,22,24-28H,12-21H2,1-10H3/t22-,24-,25-,26+,27-,28-,31-,32+/m0/s1. The van der Waals surface area contributed by atoms with E-state index in [9.17, 15) is 4.79 Å². The van der Waals surface area contributed by atoms with Crippen molar-refractivity contribution < 1.29 is 14.0 Å². The lowest BCUT2D eigenvalue weighted by Crippen LogP contribution is -2.52. The Labute approximate surface area is 229 Å². The Balaban J connectivity index is 1.42. The Morgan fingerprint density at radius 1 is 1.11 bits per heavy atom. The van der Waals surface area contributed by atoms with Crippen LogP contribution in [0.25, 0.3) is 0 Å². The number of fused-ring (bicyclic) bond motifs is 5. The van der Waals surface area contributed by atoms with Crippen LogP contribution >= 0.6 is 0 Å². The molecule has 0 radical (unpaired) electrons. The maximum atomic E-state index is 12.0. The predicted octanol–water partition coefficient (Wildman–Crippen LogP) is 7.84. The minimum atomic E-state index is -1.74. The molecule has 0 aromatic rings. The highest BCUT2D eigenvalue weighted by atomic mass is 28.4. The fraction of sp³-hybridized carbons (Fsp3) is 0.906. The van der Waals surface area contributed by atoms with E-state index < -0.39 is 8.32 Å². The number of nitrogens with zero attached hydrogens (tertiary/aromatic N) is 1. The first-order valence-electron chi connectivity index (χ1n) is 15.3. The predicted molar refractivity (Wildman–Crippen MR) is 156 cm³/mol. The maximum Gasteiger partial charge on any atom is 0.224 e. The van der Waals surface area contributed by atoms with Gasteiger partial charge in [0.2, 0.25) is 5.91 Å². The van der Waals surface area contributed by atoms with E-state index in [0.717, 1.165) is 24.2 Å². The Hall–Kier alpha value is -0.653. The molecular formula is C32H57NO3Si. The van der Waals surface area contributed by atoms with Crippen LogP contribution in [0.3, 0.4) is 0 Å². The van der Waals surface area contributed by atoms with Crippen molar-refractivity contribution in [2.75, 3.05) is 20.7 Å². The van der Waals surface area contributed by atoms with Gasteiger partial charge in [0.25, 0.3) is 0 Å². The van der Waals surface area contributed by atoms with Crippen LogP contribution in [0.2, 0.25) is 18.1 Å². The molecule has 0 N–H and O–H groups in total. The molecule has 4 aliphatic rings. The van der Waals surface area contributed by atoms with Gasteiger partial charge in [-0.1, -0.05) is 46.3 Å². The summed E-state index contributed by atoms with van der Waals surface area (Å²) in [6, 6.07) is 0. The van der Waals surface area contributed by atoms with Crippen LogP contribution < -0.4 is 0 Å². The molecule has 3 fully saturated rings. The van der Waals surface area contributed by atoms with Crippen LogP contribution in [-0.4, -0.2) is 52.0 Å². The second-order valence-corrected chi connectivity index (χ2v) is 20.1. The van der Waals surface area contributed by atoms with E-state index in [1.807, 2.05) is 14.1 Å². The molecule has 37 heavy (non-hydrogen) atoms. The molecule has 0 aromatic carbocycles. The smallest absolute Gasteiger partial charge is 0.224 e. The van der Waals surface area contributed by atoms with E-state index in [0.29, 0.717) is 35.9 Å². The summed E-state index contributed by atoms with van der Waals surface area (Å²) >= 11 is 0. The summed E-state index contributed by atoms with van der Waals surface area (Å²) < 4.78 is 13.2. The van der Waals surface area contributed by atoms with Gasteiger partial charge < -0.3 is 14.1 Å². The highest BCUT2D eigenvalue weighted by Gasteiger charge is 2.59. The van der Waals surface area contributed by atoms with Gasteiger partial charge in [0.15, 0.2) is 8.32 Å². The lowest BCUT2D eigenvalue weighted by Gasteiger charge is -2.58. The molecule has 0 bridgehead atoms. The van der Waals surface area contributed by atoms with Crippen molar-refractivity contribution >= 4 is 14.2 Å². The molecule has 4 rings (SSSR count). The molecule has 8 atom stereocenters. The molecule has 0 spiro atoms. The minimum Gasteiger partial charge on any atom is -0.414 e. The summed E-state index contributed by atoms with van der Waals surface area (Å²) in [6.07, 6.45) is 14.1. The first kappa shape index (κ1) is 29.3. The van der Waals surface area contributed by atoms with Gasteiger partial charge in [-0.25, -0.2) is 0 Å². The molecule has 0 saturated heterocycles. The number of carbonyl (C=O) groups excluding carboxylic acids is 1. The molecule has 0 heterocycles. The highest BCUT2D eigenvalue weighted by molar-refractivity contribution is 6.74. The van der Waals surface area contributed by atoms with E-state index in [1.165, 1.54) is 44.9 Å². The molecule has 0 unspecified atom stereocenters. The zero-order chi connectivity index (χ0) is 27.4. The van der Waals surface area contributed by atoms with Crippen molar-refractivity contribution in [3.05, 3.63) is 11.6 Å². The number of carbonyl (C=O) groups is 1. The zero-order valence-corrected chi connectivity index (χ0v) is 26.8. The third kappa shape index (κ3) is 5.40. The minimum absolute atomic E-state index is 0.158. The lowest BCUT2D eigenvalue weighted by molar-refractivity contribution is -0.131. The molecule has 4 aliphatic carbocycles. The van der Waals surface area contributed by atoms with E-state index in [2.05, 4.69) is 60.7 Å². The number of ether oxygens (including phenoxy) is 1. The third-order valence-electron chi connectivity index (χ3n) is 12.2. The summed E-state index contributed by atoms with van der Waals surface area (Å²) in [7, 11) is 1.91. The fourth-order valence-corrected chi connectivity index (χ4v) is 10.2. The first-order valence-corrected chi connectivity index (χ1v) is 18.2. The van der Waals surface area contributed by atoms with Gasteiger partial charge in [-0.3, -0.25) is 4.79 Å². The van der Waals surface area contributed by atoms with Gasteiger partial charge >= 0.3 is 0 Å². The van der Waals surface area contributed by atoms with Crippen LogP contribution in [0.1, 0.15) is 99.3 Å². The molecule has 1 amide bonds. The van der Waals surface area contributed by atoms with Crippen molar-refractivity contribution in [3.8, 4) is 0 Å². The summed E-state index contributed by atoms with van der Waals surface area (Å²) in [5, 5.41) is 0.273. The Bertz CT molecular complexity index is 876. The quantitative estimate of drug-likeness (QED) is 0.248. The van der Waals surface area contributed by atoms with E-state index in [-0.39, 0.29) is 17.0 Å². The largest absolute Gasteiger partial charge is 0.414 e. The van der Waals surface area contributed by atoms with E-state index >= 15 is 0 Å². The summed E-state index contributed by atoms with van der Waals surface area (Å²) in [4.78, 5) is 13.7. The average molecular weight is 532 g/mol. The molecule has 3 saturated carbocycles. The second-order valence-electron chi connectivity index (χ2n) is 15.3. The molecule has 0 aliphatic heterocycles. The van der Waals surface area contributed by atoms with Crippen molar-refractivity contribution in [3.63, 3.8) is 0 Å². The summed E-state index contributed by atoms with van der Waals surface area (Å²) in [5.74, 6) is 3.22. The van der Waals surface area contributed by atoms with E-state index in [4.69, 9.17) is 9.16 Å². The van der Waals surface area contributed by atoms with Gasteiger partial charge in [-0.05, 0) is 111 Å². The Morgan fingerprint density at radius 2 is 1.81 bits per heavy atom. The topological polar surface area (TPSA) is 38.8 Å². The molecule has 5 heteroatoms. The monoisotopic (exact) mass is 531 g/mol. The highest BCUT2D eigenvalue weighted by Crippen LogP contribution is 2.67. The van der Waals surface area contributed by atoms with Crippen molar-refractivity contribution in [1.29, 1.82) is 0 Å². The van der Waals surface area contributed by atoms with E-state index in [1.54, 1.807) is 10.5 Å². The number of hydrogen-bond donors (Lipinski definition) is 0. The third-order valence-corrected chi connectivity index (χ3v) is 16.7. The second kappa shape index (κ2) is 10.4. The van der Waals surface area contributed by atoms with Gasteiger partial charge in [-0.2, -0.15) is 0 Å². The number of hydrogen-bond acceptors (Lipinski definition) is 3. The van der Waals surface area contributed by atoms with Crippen LogP contribution in [0, 0.1) is 34.5 Å². The van der Waals surface area contributed by atoms with Crippen molar-refractivity contribution in [1.82, 2.24) is 4.90 Å². The van der Waals surface area contributed by atoms with Gasteiger partial charge in [0.05, 0.1) is 19.1 Å². The van der Waals surface area contributed by atoms with Gasteiger partial charge in [0.1, 0.15) is 0 Å². The lowest BCUT2D eigenvalue weighted by atomic mass is 9.47. The van der Waals surface area contributed by atoms with Crippen LogP contribution in [0.4, 0.5) is 0 Å². The maximum absolute atomic E-state index is 12.0. The number of rotatable bonds is 7. The fourth-order valence-electron chi connectivity index (χ4n) is 8.81. The normalized spacial score (nSPS) is 38.8. The van der Waals surface area contributed by atoms with Gasteiger partial charge in [0, 0.05) is 20.2 Å². The number of amides is 1. The molecule has 212 valence electrons. The van der Waals surface area contributed by atoms with Crippen molar-refractivity contribution in [2.24, 2.45) is 34.5 Å². The first-order chi connectivity index (χ1) is 17.1. The van der Waals surface area contributed by atoms with Crippen LogP contribution in [-0.2, 0) is 14.0 Å². The van der Waals surface area contributed by atoms with Crippen LogP contribution in [0.15, 0.2) is 11.6 Å². The summed E-state index contributed by atoms with van der Waals surface area (Å²) in [6.45, 7) is 19.9.